The third kappa shape index (κ3) is 2.18. The van der Waals surface area contributed by atoms with Crippen LogP contribution in [0.1, 0.15) is 12.0 Å². The molecule has 0 spiro atoms. The van der Waals surface area contributed by atoms with E-state index in [1.807, 2.05) is 0 Å². The van der Waals surface area contributed by atoms with E-state index >= 15 is 0 Å². The molecule has 16 heavy (non-hydrogen) atoms. The van der Waals surface area contributed by atoms with Gasteiger partial charge in [-0.2, -0.15) is 0 Å². The second-order valence-electron chi connectivity index (χ2n) is 4.21. The average Bonchev–Trinajstić information content (AvgIpc) is 2.77. The molecule has 0 amide bonds. The van der Waals surface area contributed by atoms with Gasteiger partial charge in [0.1, 0.15) is 5.82 Å². The van der Waals surface area contributed by atoms with E-state index in [-0.39, 0.29) is 24.9 Å². The van der Waals surface area contributed by atoms with Crippen molar-refractivity contribution >= 4 is 5.69 Å². The molecule has 0 aliphatic carbocycles. The standard InChI is InChI=1S/C12H16FNO2/c13-11-1-2-12(10(5-11)8-16)14-4-3-9(6-14)7-15/h1-2,5,9,15-16H,3-4,6-8H2. The van der Waals surface area contributed by atoms with Crippen molar-refractivity contribution in [1.29, 1.82) is 0 Å². The van der Waals surface area contributed by atoms with Gasteiger partial charge in [-0.1, -0.05) is 0 Å². The van der Waals surface area contributed by atoms with E-state index in [0.29, 0.717) is 5.56 Å². The molecule has 0 radical (unpaired) electrons. The minimum Gasteiger partial charge on any atom is -0.396 e. The van der Waals surface area contributed by atoms with E-state index in [1.54, 1.807) is 6.07 Å². The molecular weight excluding hydrogens is 209 g/mol. The summed E-state index contributed by atoms with van der Waals surface area (Å²) in [6.45, 7) is 1.65. The largest absolute Gasteiger partial charge is 0.396 e. The summed E-state index contributed by atoms with van der Waals surface area (Å²) in [4.78, 5) is 2.09. The molecule has 1 saturated heterocycles. The highest BCUT2D eigenvalue weighted by Crippen LogP contribution is 2.27. The molecule has 88 valence electrons. The van der Waals surface area contributed by atoms with Crippen LogP contribution < -0.4 is 4.90 Å². The third-order valence-corrected chi connectivity index (χ3v) is 3.10. The van der Waals surface area contributed by atoms with Crippen LogP contribution in [0.2, 0.25) is 0 Å². The van der Waals surface area contributed by atoms with Crippen LogP contribution in [0.15, 0.2) is 18.2 Å². The molecule has 2 N–H and O–H groups in total. The molecule has 1 aliphatic rings. The Morgan fingerprint density at radius 2 is 2.19 bits per heavy atom. The monoisotopic (exact) mass is 225 g/mol. The van der Waals surface area contributed by atoms with Gasteiger partial charge in [0.2, 0.25) is 0 Å². The highest BCUT2D eigenvalue weighted by atomic mass is 19.1. The number of halogens is 1. The SMILES string of the molecule is OCc1cc(F)ccc1N1CCC(CO)C1. The van der Waals surface area contributed by atoms with Crippen LogP contribution in [0.25, 0.3) is 0 Å². The summed E-state index contributed by atoms with van der Waals surface area (Å²) in [5.41, 5.74) is 1.48. The van der Waals surface area contributed by atoms with E-state index < -0.39 is 0 Å². The van der Waals surface area contributed by atoms with Crippen molar-refractivity contribution in [1.82, 2.24) is 0 Å². The number of aliphatic hydroxyl groups excluding tert-OH is 2. The van der Waals surface area contributed by atoms with Crippen LogP contribution in [0.5, 0.6) is 0 Å². The van der Waals surface area contributed by atoms with Gasteiger partial charge in [0.15, 0.2) is 0 Å². The molecular formula is C12H16FNO2. The van der Waals surface area contributed by atoms with Crippen molar-refractivity contribution in [3.8, 4) is 0 Å². The van der Waals surface area contributed by atoms with Crippen molar-refractivity contribution < 1.29 is 14.6 Å². The first kappa shape index (κ1) is 11.4. The Bertz CT molecular complexity index is 370. The normalized spacial score (nSPS) is 20.4. The van der Waals surface area contributed by atoms with Gasteiger partial charge in [-0.15, -0.1) is 0 Å². The molecule has 1 aliphatic heterocycles. The second-order valence-corrected chi connectivity index (χ2v) is 4.21. The molecule has 2 rings (SSSR count). The van der Waals surface area contributed by atoms with Gasteiger partial charge in [0, 0.05) is 36.9 Å². The Hall–Kier alpha value is -1.13. The number of aliphatic hydroxyl groups is 2. The van der Waals surface area contributed by atoms with Gasteiger partial charge in [-0.3, -0.25) is 0 Å². The maximum absolute atomic E-state index is 13.0. The van der Waals surface area contributed by atoms with E-state index in [1.165, 1.54) is 12.1 Å². The molecule has 1 unspecified atom stereocenters. The Labute approximate surface area is 94.1 Å². The smallest absolute Gasteiger partial charge is 0.123 e. The van der Waals surface area contributed by atoms with Crippen molar-refractivity contribution in [3.05, 3.63) is 29.6 Å². The molecule has 0 saturated carbocycles. The highest BCUT2D eigenvalue weighted by molar-refractivity contribution is 5.54. The maximum atomic E-state index is 13.0. The Kier molecular flexibility index (Phi) is 3.41. The fraction of sp³-hybridized carbons (Fsp3) is 0.500. The number of rotatable bonds is 3. The lowest BCUT2D eigenvalue weighted by Gasteiger charge is -2.21. The summed E-state index contributed by atoms with van der Waals surface area (Å²) in [5, 5.41) is 18.2. The second kappa shape index (κ2) is 4.80. The molecule has 1 atom stereocenters. The van der Waals surface area contributed by atoms with E-state index in [2.05, 4.69) is 4.90 Å². The third-order valence-electron chi connectivity index (χ3n) is 3.10. The Morgan fingerprint density at radius 1 is 1.38 bits per heavy atom. The molecule has 0 aromatic heterocycles. The first-order valence-corrected chi connectivity index (χ1v) is 5.49. The van der Waals surface area contributed by atoms with E-state index in [9.17, 15) is 9.50 Å². The van der Waals surface area contributed by atoms with Gasteiger partial charge in [0.25, 0.3) is 0 Å². The predicted octanol–water partition coefficient (Wildman–Crippen LogP) is 1.14. The summed E-state index contributed by atoms with van der Waals surface area (Å²) in [6.07, 6.45) is 0.943. The Balaban J connectivity index is 2.20. The van der Waals surface area contributed by atoms with Crippen molar-refractivity contribution in [3.63, 3.8) is 0 Å². The van der Waals surface area contributed by atoms with E-state index in [4.69, 9.17) is 5.11 Å². The fourth-order valence-corrected chi connectivity index (χ4v) is 2.19. The minimum absolute atomic E-state index is 0.159. The molecule has 1 aromatic carbocycles. The predicted molar refractivity (Wildman–Crippen MR) is 59.7 cm³/mol. The lowest BCUT2D eigenvalue weighted by Crippen LogP contribution is -2.22. The quantitative estimate of drug-likeness (QED) is 0.810. The van der Waals surface area contributed by atoms with Gasteiger partial charge in [-0.25, -0.2) is 4.39 Å². The molecule has 1 aromatic rings. The summed E-state index contributed by atoms with van der Waals surface area (Å²) in [6, 6.07) is 4.46. The topological polar surface area (TPSA) is 43.7 Å². The Morgan fingerprint density at radius 3 is 2.81 bits per heavy atom. The van der Waals surface area contributed by atoms with Crippen molar-refractivity contribution in [2.45, 2.75) is 13.0 Å². The molecule has 1 fully saturated rings. The number of hydrogen-bond acceptors (Lipinski definition) is 3. The summed E-state index contributed by atoms with van der Waals surface area (Å²) in [7, 11) is 0. The molecule has 4 heteroatoms. The zero-order valence-electron chi connectivity index (χ0n) is 9.06. The summed E-state index contributed by atoms with van der Waals surface area (Å²) in [5.74, 6) is -0.0395. The van der Waals surface area contributed by atoms with E-state index in [0.717, 1.165) is 25.2 Å². The summed E-state index contributed by atoms with van der Waals surface area (Å²) < 4.78 is 13.0. The zero-order chi connectivity index (χ0) is 11.5. The van der Waals surface area contributed by atoms with Crippen LogP contribution in [-0.2, 0) is 6.61 Å². The number of anilines is 1. The van der Waals surface area contributed by atoms with Gasteiger partial charge < -0.3 is 15.1 Å². The fourth-order valence-electron chi connectivity index (χ4n) is 2.19. The lowest BCUT2D eigenvalue weighted by molar-refractivity contribution is 0.238. The van der Waals surface area contributed by atoms with Gasteiger partial charge >= 0.3 is 0 Å². The maximum Gasteiger partial charge on any atom is 0.123 e. The lowest BCUT2D eigenvalue weighted by atomic mass is 10.1. The minimum atomic E-state index is -0.328. The first-order chi connectivity index (χ1) is 7.74. The highest BCUT2D eigenvalue weighted by Gasteiger charge is 2.23. The van der Waals surface area contributed by atoms with Crippen molar-refractivity contribution in [2.75, 3.05) is 24.6 Å². The van der Waals surface area contributed by atoms with Crippen molar-refractivity contribution in [2.24, 2.45) is 5.92 Å². The molecule has 1 heterocycles. The van der Waals surface area contributed by atoms with Crippen LogP contribution >= 0.6 is 0 Å². The molecule has 0 bridgehead atoms. The number of nitrogens with zero attached hydrogens (tertiary/aromatic N) is 1. The van der Waals surface area contributed by atoms with Crippen LogP contribution in [0.4, 0.5) is 10.1 Å². The number of benzene rings is 1. The summed E-state index contributed by atoms with van der Waals surface area (Å²) >= 11 is 0. The molecule has 3 nitrogen and oxygen atoms in total. The van der Waals surface area contributed by atoms with Gasteiger partial charge in [0.05, 0.1) is 6.61 Å². The van der Waals surface area contributed by atoms with Gasteiger partial charge in [-0.05, 0) is 24.6 Å². The average molecular weight is 225 g/mol. The van der Waals surface area contributed by atoms with Crippen LogP contribution in [0, 0.1) is 11.7 Å². The van der Waals surface area contributed by atoms with Crippen LogP contribution in [-0.4, -0.2) is 29.9 Å². The van der Waals surface area contributed by atoms with Crippen LogP contribution in [0.3, 0.4) is 0 Å². The zero-order valence-corrected chi connectivity index (χ0v) is 9.06. The first-order valence-electron chi connectivity index (χ1n) is 5.49. The number of hydrogen-bond donors (Lipinski definition) is 2.